The quantitative estimate of drug-likeness (QED) is 0.661. The highest BCUT2D eigenvalue weighted by molar-refractivity contribution is 7.99. The van der Waals surface area contributed by atoms with Crippen molar-refractivity contribution in [2.45, 2.75) is 9.92 Å². The van der Waals surface area contributed by atoms with E-state index in [-0.39, 0.29) is 0 Å². The Labute approximate surface area is 115 Å². The highest BCUT2D eigenvalue weighted by Gasteiger charge is 2.12. The molecule has 1 aromatic heterocycles. The topological polar surface area (TPSA) is 69.4 Å². The maximum absolute atomic E-state index is 5.56. The molecule has 1 aliphatic heterocycles. The summed E-state index contributed by atoms with van der Waals surface area (Å²) in [5.74, 6) is 7.56. The predicted octanol–water partition coefficient (Wildman–Crippen LogP) is 2.29. The van der Waals surface area contributed by atoms with Gasteiger partial charge in [-0.25, -0.2) is 10.8 Å². The third-order valence-electron chi connectivity index (χ3n) is 2.61. The molecule has 0 saturated carbocycles. The summed E-state index contributed by atoms with van der Waals surface area (Å²) in [4.78, 5) is 5.40. The Bertz CT molecular complexity index is 592. The fourth-order valence-corrected chi connectivity index (χ4v) is 2.59. The lowest BCUT2D eigenvalue weighted by Gasteiger charge is -2.18. The summed E-state index contributed by atoms with van der Waals surface area (Å²) in [6.45, 7) is 1.19. The summed E-state index contributed by atoms with van der Waals surface area (Å²) < 4.78 is 11.0. The van der Waals surface area contributed by atoms with Crippen LogP contribution in [-0.2, 0) is 0 Å². The van der Waals surface area contributed by atoms with Crippen molar-refractivity contribution >= 4 is 17.6 Å². The van der Waals surface area contributed by atoms with Gasteiger partial charge < -0.3 is 14.9 Å². The molecule has 0 fully saturated rings. The van der Waals surface area contributed by atoms with E-state index in [2.05, 4.69) is 10.4 Å². The standard InChI is InChI=1S/C13H13N3O2S/c14-16-12-2-1-3-13(15-12)19-9-4-5-10-11(8-9)18-7-6-17-10/h1-5,8H,6-7,14H2,(H,15,16). The lowest BCUT2D eigenvalue weighted by molar-refractivity contribution is 0.171. The summed E-state index contributed by atoms with van der Waals surface area (Å²) in [7, 11) is 0. The molecular formula is C13H13N3O2S. The fraction of sp³-hybridized carbons (Fsp3) is 0.154. The summed E-state index contributed by atoms with van der Waals surface area (Å²) in [6, 6.07) is 11.5. The van der Waals surface area contributed by atoms with Gasteiger partial charge in [0, 0.05) is 4.90 Å². The normalized spacial score (nSPS) is 13.1. The van der Waals surface area contributed by atoms with Crippen LogP contribution in [0.15, 0.2) is 46.3 Å². The van der Waals surface area contributed by atoms with Gasteiger partial charge in [0.2, 0.25) is 0 Å². The number of nitrogen functional groups attached to an aromatic ring is 1. The van der Waals surface area contributed by atoms with Crippen LogP contribution < -0.4 is 20.7 Å². The first-order valence-electron chi connectivity index (χ1n) is 5.86. The third kappa shape index (κ3) is 2.74. The number of nitrogens with two attached hydrogens (primary N) is 1. The first-order valence-corrected chi connectivity index (χ1v) is 6.68. The van der Waals surface area contributed by atoms with E-state index < -0.39 is 0 Å². The molecule has 0 amide bonds. The molecule has 3 rings (SSSR count). The number of hydrazine groups is 1. The highest BCUT2D eigenvalue weighted by atomic mass is 32.2. The number of benzene rings is 1. The Hall–Kier alpha value is -1.92. The monoisotopic (exact) mass is 275 g/mol. The van der Waals surface area contributed by atoms with Gasteiger partial charge in [0.1, 0.15) is 24.1 Å². The van der Waals surface area contributed by atoms with Crippen molar-refractivity contribution in [1.82, 2.24) is 4.98 Å². The summed E-state index contributed by atoms with van der Waals surface area (Å²) in [5, 5.41) is 0.868. The van der Waals surface area contributed by atoms with Crippen LogP contribution in [0.1, 0.15) is 0 Å². The molecule has 98 valence electrons. The first kappa shape index (κ1) is 12.1. The van der Waals surface area contributed by atoms with Gasteiger partial charge in [0.05, 0.1) is 0 Å². The highest BCUT2D eigenvalue weighted by Crippen LogP contribution is 2.36. The van der Waals surface area contributed by atoms with Crippen molar-refractivity contribution < 1.29 is 9.47 Å². The minimum Gasteiger partial charge on any atom is -0.486 e. The van der Waals surface area contributed by atoms with Gasteiger partial charge >= 0.3 is 0 Å². The Morgan fingerprint density at radius 1 is 1.11 bits per heavy atom. The first-order chi connectivity index (χ1) is 9.35. The zero-order valence-electron chi connectivity index (χ0n) is 10.1. The summed E-state index contributed by atoms with van der Waals surface area (Å²) in [5.41, 5.74) is 2.53. The molecule has 0 radical (unpaired) electrons. The number of rotatable bonds is 3. The largest absolute Gasteiger partial charge is 0.486 e. The second kappa shape index (κ2) is 5.38. The zero-order chi connectivity index (χ0) is 13.1. The number of ether oxygens (including phenoxy) is 2. The molecule has 1 aliphatic rings. The molecule has 6 heteroatoms. The third-order valence-corrected chi connectivity index (χ3v) is 3.53. The molecule has 0 saturated heterocycles. The van der Waals surface area contributed by atoms with E-state index in [9.17, 15) is 0 Å². The van der Waals surface area contributed by atoms with Crippen LogP contribution in [-0.4, -0.2) is 18.2 Å². The van der Waals surface area contributed by atoms with Crippen molar-refractivity contribution in [3.8, 4) is 11.5 Å². The van der Waals surface area contributed by atoms with Gasteiger partial charge in [0.25, 0.3) is 0 Å². The Balaban J connectivity index is 1.82. The van der Waals surface area contributed by atoms with Gasteiger partial charge in [-0.1, -0.05) is 17.8 Å². The molecule has 3 N–H and O–H groups in total. The smallest absolute Gasteiger partial charge is 0.162 e. The van der Waals surface area contributed by atoms with E-state index in [1.165, 1.54) is 0 Å². The second-order valence-corrected chi connectivity index (χ2v) is 5.01. The lowest BCUT2D eigenvalue weighted by Crippen LogP contribution is -2.15. The number of aromatic nitrogens is 1. The minimum absolute atomic E-state index is 0.589. The number of nitrogens with zero attached hydrogens (tertiary/aromatic N) is 1. The SMILES string of the molecule is NNc1cccc(Sc2ccc3c(c2)OCCO3)n1. The second-order valence-electron chi connectivity index (χ2n) is 3.91. The molecule has 19 heavy (non-hydrogen) atoms. The number of hydrogen-bond acceptors (Lipinski definition) is 6. The number of fused-ring (bicyclic) bond motifs is 1. The van der Waals surface area contributed by atoms with E-state index >= 15 is 0 Å². The fourth-order valence-electron chi connectivity index (χ4n) is 1.76. The van der Waals surface area contributed by atoms with E-state index in [4.69, 9.17) is 15.3 Å². The zero-order valence-corrected chi connectivity index (χ0v) is 10.9. The summed E-state index contributed by atoms with van der Waals surface area (Å²) in [6.07, 6.45) is 0. The maximum atomic E-state index is 5.56. The molecule has 5 nitrogen and oxygen atoms in total. The van der Waals surface area contributed by atoms with Gasteiger partial charge in [0.15, 0.2) is 11.5 Å². The molecule has 0 aliphatic carbocycles. The number of hydrogen-bond donors (Lipinski definition) is 2. The van der Waals surface area contributed by atoms with Crippen molar-refractivity contribution in [2.24, 2.45) is 5.84 Å². The van der Waals surface area contributed by atoms with Gasteiger partial charge in [-0.2, -0.15) is 0 Å². The van der Waals surface area contributed by atoms with Crippen LogP contribution in [0.2, 0.25) is 0 Å². The Morgan fingerprint density at radius 3 is 2.79 bits per heavy atom. The number of pyridine rings is 1. The lowest BCUT2D eigenvalue weighted by atomic mass is 10.3. The van der Waals surface area contributed by atoms with E-state index in [1.54, 1.807) is 11.8 Å². The summed E-state index contributed by atoms with van der Waals surface area (Å²) >= 11 is 1.55. The van der Waals surface area contributed by atoms with Crippen LogP contribution in [0.5, 0.6) is 11.5 Å². The number of anilines is 1. The van der Waals surface area contributed by atoms with Gasteiger partial charge in [-0.05, 0) is 30.3 Å². The van der Waals surface area contributed by atoms with Crippen LogP contribution >= 0.6 is 11.8 Å². The van der Waals surface area contributed by atoms with E-state index in [1.807, 2.05) is 36.4 Å². The van der Waals surface area contributed by atoms with Crippen molar-refractivity contribution in [2.75, 3.05) is 18.6 Å². The maximum Gasteiger partial charge on any atom is 0.162 e. The molecule has 0 spiro atoms. The van der Waals surface area contributed by atoms with Crippen LogP contribution in [0.25, 0.3) is 0 Å². The molecule has 0 atom stereocenters. The molecule has 2 heterocycles. The van der Waals surface area contributed by atoms with Crippen molar-refractivity contribution in [3.63, 3.8) is 0 Å². The Kier molecular flexibility index (Phi) is 3.43. The van der Waals surface area contributed by atoms with E-state index in [0.717, 1.165) is 21.4 Å². The van der Waals surface area contributed by atoms with Crippen molar-refractivity contribution in [1.29, 1.82) is 0 Å². The number of nitrogens with one attached hydrogen (secondary N) is 1. The molecular weight excluding hydrogens is 262 g/mol. The van der Waals surface area contributed by atoms with Crippen molar-refractivity contribution in [3.05, 3.63) is 36.4 Å². The minimum atomic E-state index is 0.589. The van der Waals surface area contributed by atoms with Crippen LogP contribution in [0, 0.1) is 0 Å². The molecule has 0 unspecified atom stereocenters. The Morgan fingerprint density at radius 2 is 1.95 bits per heavy atom. The van der Waals surface area contributed by atoms with Gasteiger partial charge in [-0.3, -0.25) is 0 Å². The van der Waals surface area contributed by atoms with E-state index in [0.29, 0.717) is 19.0 Å². The van der Waals surface area contributed by atoms with Crippen LogP contribution in [0.3, 0.4) is 0 Å². The van der Waals surface area contributed by atoms with Crippen LogP contribution in [0.4, 0.5) is 5.82 Å². The van der Waals surface area contributed by atoms with Gasteiger partial charge in [-0.15, -0.1) is 0 Å². The average Bonchev–Trinajstić information content (AvgIpc) is 2.47. The average molecular weight is 275 g/mol. The molecule has 2 aromatic rings. The molecule has 1 aromatic carbocycles. The molecule has 0 bridgehead atoms. The predicted molar refractivity (Wildman–Crippen MR) is 73.6 cm³/mol.